The lowest BCUT2D eigenvalue weighted by Gasteiger charge is -2.16. The zero-order valence-electron chi connectivity index (χ0n) is 13.1. The number of benzene rings is 1. The molecule has 1 aliphatic heterocycles. The Kier molecular flexibility index (Phi) is 5.35. The van der Waals surface area contributed by atoms with E-state index in [9.17, 15) is 9.90 Å². The summed E-state index contributed by atoms with van der Waals surface area (Å²) in [5.74, 6) is 1.16. The van der Waals surface area contributed by atoms with Gasteiger partial charge >= 0.3 is 0 Å². The van der Waals surface area contributed by atoms with Crippen molar-refractivity contribution in [3.63, 3.8) is 0 Å². The molecule has 1 unspecified atom stereocenters. The quantitative estimate of drug-likeness (QED) is 0.843. The largest absolute Gasteiger partial charge is 0.396 e. The molecule has 122 valence electrons. The van der Waals surface area contributed by atoms with Gasteiger partial charge in [0.1, 0.15) is 4.34 Å². The third-order valence-electron chi connectivity index (χ3n) is 3.99. The first-order valence-electron chi connectivity index (χ1n) is 7.69. The molecule has 0 aliphatic carbocycles. The molecular formula is C17H20N2O2S2. The number of nitrogens with zero attached hydrogens (tertiary/aromatic N) is 2. The first kappa shape index (κ1) is 16.5. The fourth-order valence-corrected chi connectivity index (χ4v) is 4.44. The van der Waals surface area contributed by atoms with Gasteiger partial charge in [-0.15, -0.1) is 11.3 Å². The summed E-state index contributed by atoms with van der Waals surface area (Å²) in [5, 5.41) is 11.2. The van der Waals surface area contributed by atoms with E-state index in [-0.39, 0.29) is 18.4 Å². The van der Waals surface area contributed by atoms with Crippen molar-refractivity contribution in [2.24, 2.45) is 5.92 Å². The van der Waals surface area contributed by atoms with E-state index in [0.29, 0.717) is 6.54 Å². The first-order valence-corrected chi connectivity index (χ1v) is 9.56. The van der Waals surface area contributed by atoms with Gasteiger partial charge in [0.05, 0.1) is 0 Å². The van der Waals surface area contributed by atoms with E-state index in [0.717, 1.165) is 34.3 Å². The van der Waals surface area contributed by atoms with Gasteiger partial charge in [0.25, 0.3) is 5.91 Å². The Bertz CT molecular complexity index is 669. The molecule has 0 spiro atoms. The summed E-state index contributed by atoms with van der Waals surface area (Å²) in [6, 6.07) is 7.83. The van der Waals surface area contributed by atoms with Crippen molar-refractivity contribution in [3.8, 4) is 0 Å². The van der Waals surface area contributed by atoms with Gasteiger partial charge < -0.3 is 10.0 Å². The van der Waals surface area contributed by atoms with Crippen molar-refractivity contribution in [1.29, 1.82) is 0 Å². The molecule has 1 amide bonds. The summed E-state index contributed by atoms with van der Waals surface area (Å²) < 4.78 is 1.08. The third kappa shape index (κ3) is 4.13. The minimum absolute atomic E-state index is 0.0655. The molecule has 1 aromatic heterocycles. The summed E-state index contributed by atoms with van der Waals surface area (Å²) in [4.78, 5) is 18.7. The van der Waals surface area contributed by atoms with Crippen LogP contribution in [0.25, 0.3) is 0 Å². The maximum absolute atomic E-state index is 12.4. The van der Waals surface area contributed by atoms with Crippen LogP contribution in [0.4, 0.5) is 0 Å². The van der Waals surface area contributed by atoms with Crippen LogP contribution in [0.2, 0.25) is 0 Å². The van der Waals surface area contributed by atoms with Crippen molar-refractivity contribution in [2.75, 3.05) is 19.7 Å². The molecule has 2 heterocycles. The molecule has 1 saturated heterocycles. The van der Waals surface area contributed by atoms with Crippen molar-refractivity contribution in [3.05, 3.63) is 46.5 Å². The number of aliphatic hydroxyl groups is 1. The SMILES string of the molecule is Cc1csc(SCc2ccc(C(=O)N3CCC(CO)C3)cc2)n1. The number of aromatic nitrogens is 1. The van der Waals surface area contributed by atoms with E-state index >= 15 is 0 Å². The summed E-state index contributed by atoms with van der Waals surface area (Å²) in [7, 11) is 0. The Hall–Kier alpha value is -1.37. The number of likely N-dealkylation sites (tertiary alicyclic amines) is 1. The highest BCUT2D eigenvalue weighted by molar-refractivity contribution is 8.00. The Morgan fingerprint density at radius 3 is 2.83 bits per heavy atom. The minimum atomic E-state index is 0.0655. The lowest BCUT2D eigenvalue weighted by atomic mass is 10.1. The highest BCUT2D eigenvalue weighted by Crippen LogP contribution is 2.26. The number of aliphatic hydroxyl groups excluding tert-OH is 1. The van der Waals surface area contributed by atoms with Gasteiger partial charge in [-0.1, -0.05) is 23.9 Å². The van der Waals surface area contributed by atoms with E-state index in [1.165, 1.54) is 5.56 Å². The summed E-state index contributed by atoms with van der Waals surface area (Å²) in [6.45, 7) is 3.57. The molecule has 3 rings (SSSR count). The number of hydrogen-bond acceptors (Lipinski definition) is 5. The Balaban J connectivity index is 1.57. The molecule has 4 nitrogen and oxygen atoms in total. The van der Waals surface area contributed by atoms with Crippen LogP contribution >= 0.6 is 23.1 Å². The topological polar surface area (TPSA) is 53.4 Å². The van der Waals surface area contributed by atoms with E-state index in [2.05, 4.69) is 10.4 Å². The van der Waals surface area contributed by atoms with Crippen LogP contribution in [0.15, 0.2) is 34.0 Å². The van der Waals surface area contributed by atoms with Crippen molar-refractivity contribution in [1.82, 2.24) is 9.88 Å². The second-order valence-electron chi connectivity index (χ2n) is 5.83. The number of thioether (sulfide) groups is 1. The normalized spacial score (nSPS) is 17.7. The number of thiazole rings is 1. The monoisotopic (exact) mass is 348 g/mol. The molecule has 1 aliphatic rings. The molecule has 1 N–H and O–H groups in total. The predicted molar refractivity (Wildman–Crippen MR) is 94.0 cm³/mol. The molecular weight excluding hydrogens is 328 g/mol. The molecule has 1 aromatic carbocycles. The molecule has 1 atom stereocenters. The Labute approximate surface area is 144 Å². The molecule has 0 bridgehead atoms. The number of carbonyl (C=O) groups is 1. The number of carbonyl (C=O) groups excluding carboxylic acids is 1. The van der Waals surface area contributed by atoms with Crippen LogP contribution in [-0.2, 0) is 5.75 Å². The Morgan fingerprint density at radius 1 is 1.43 bits per heavy atom. The van der Waals surface area contributed by atoms with Crippen LogP contribution in [-0.4, -0.2) is 40.6 Å². The predicted octanol–water partition coefficient (Wildman–Crippen LogP) is 3.20. The van der Waals surface area contributed by atoms with Crippen LogP contribution in [0.3, 0.4) is 0 Å². The van der Waals surface area contributed by atoms with E-state index in [1.807, 2.05) is 36.1 Å². The van der Waals surface area contributed by atoms with Crippen molar-refractivity contribution in [2.45, 2.75) is 23.4 Å². The lowest BCUT2D eigenvalue weighted by Crippen LogP contribution is -2.29. The molecule has 0 radical (unpaired) electrons. The number of hydrogen-bond donors (Lipinski definition) is 1. The lowest BCUT2D eigenvalue weighted by molar-refractivity contribution is 0.0782. The van der Waals surface area contributed by atoms with E-state index < -0.39 is 0 Å². The summed E-state index contributed by atoms with van der Waals surface area (Å²) in [6.07, 6.45) is 0.893. The third-order valence-corrected chi connectivity index (χ3v) is 6.20. The van der Waals surface area contributed by atoms with Crippen LogP contribution in [0, 0.1) is 12.8 Å². The smallest absolute Gasteiger partial charge is 0.253 e. The molecule has 0 saturated carbocycles. The van der Waals surface area contributed by atoms with Gasteiger partial charge in [-0.25, -0.2) is 4.98 Å². The molecule has 6 heteroatoms. The van der Waals surface area contributed by atoms with Crippen LogP contribution in [0.1, 0.15) is 28.0 Å². The van der Waals surface area contributed by atoms with Crippen molar-refractivity contribution < 1.29 is 9.90 Å². The first-order chi connectivity index (χ1) is 11.2. The van der Waals surface area contributed by atoms with E-state index in [4.69, 9.17) is 0 Å². The fraction of sp³-hybridized carbons (Fsp3) is 0.412. The second kappa shape index (κ2) is 7.47. The average molecular weight is 348 g/mol. The highest BCUT2D eigenvalue weighted by atomic mass is 32.2. The second-order valence-corrected chi connectivity index (χ2v) is 7.91. The molecule has 2 aromatic rings. The zero-order valence-corrected chi connectivity index (χ0v) is 14.7. The van der Waals surface area contributed by atoms with Crippen molar-refractivity contribution >= 4 is 29.0 Å². The van der Waals surface area contributed by atoms with Crippen LogP contribution < -0.4 is 0 Å². The highest BCUT2D eigenvalue weighted by Gasteiger charge is 2.26. The van der Waals surface area contributed by atoms with Crippen LogP contribution in [0.5, 0.6) is 0 Å². The maximum Gasteiger partial charge on any atom is 0.253 e. The number of rotatable bonds is 5. The summed E-state index contributed by atoms with van der Waals surface area (Å²) >= 11 is 3.39. The maximum atomic E-state index is 12.4. The van der Waals surface area contributed by atoms with Gasteiger partial charge in [0, 0.05) is 48.0 Å². The standard InChI is InChI=1S/C17H20N2O2S2/c1-12-10-22-17(18-12)23-11-13-2-4-15(5-3-13)16(21)19-7-6-14(8-19)9-20/h2-5,10,14,20H,6-9,11H2,1H3. The Morgan fingerprint density at radius 2 is 2.22 bits per heavy atom. The van der Waals surface area contributed by atoms with Gasteiger partial charge in [-0.3, -0.25) is 4.79 Å². The summed E-state index contributed by atoms with van der Waals surface area (Å²) in [5.41, 5.74) is 2.97. The van der Waals surface area contributed by atoms with Gasteiger partial charge in [0.2, 0.25) is 0 Å². The van der Waals surface area contributed by atoms with E-state index in [1.54, 1.807) is 23.1 Å². The number of aryl methyl sites for hydroxylation is 1. The average Bonchev–Trinajstić information content (AvgIpc) is 3.21. The van der Waals surface area contributed by atoms with Gasteiger partial charge in [-0.2, -0.15) is 0 Å². The molecule has 1 fully saturated rings. The fourth-order valence-electron chi connectivity index (χ4n) is 2.64. The van der Waals surface area contributed by atoms with Gasteiger partial charge in [-0.05, 0) is 31.0 Å². The van der Waals surface area contributed by atoms with Gasteiger partial charge in [0.15, 0.2) is 0 Å². The minimum Gasteiger partial charge on any atom is -0.396 e. The molecule has 23 heavy (non-hydrogen) atoms. The number of amides is 1. The zero-order chi connectivity index (χ0) is 16.2.